The Morgan fingerprint density at radius 2 is 1.84 bits per heavy atom. The monoisotopic (exact) mass is 285 g/mol. The molecule has 3 N–H and O–H groups in total. The fraction of sp³-hybridized carbons (Fsp3) is 0.500. The van der Waals surface area contributed by atoms with Gasteiger partial charge in [0.1, 0.15) is 6.10 Å². The van der Waals surface area contributed by atoms with Gasteiger partial charge in [-0.1, -0.05) is 23.7 Å². The Bertz CT molecular complexity index is 439. The van der Waals surface area contributed by atoms with Crippen molar-refractivity contribution >= 4 is 17.5 Å². The molecule has 1 aromatic rings. The van der Waals surface area contributed by atoms with Crippen molar-refractivity contribution in [1.82, 2.24) is 5.32 Å². The molecule has 0 spiro atoms. The van der Waals surface area contributed by atoms with Gasteiger partial charge in [0.15, 0.2) is 0 Å². The molecule has 0 aliphatic rings. The summed E-state index contributed by atoms with van der Waals surface area (Å²) < 4.78 is 0. The maximum Gasteiger partial charge on any atom is 0.216 e. The second-order valence-electron chi connectivity index (χ2n) is 4.75. The predicted octanol–water partition coefficient (Wildman–Crippen LogP) is 1.88. The normalized spacial score (nSPS) is 14.0. The molecule has 2 atom stereocenters. The third-order valence-electron chi connectivity index (χ3n) is 2.98. The lowest BCUT2D eigenvalue weighted by Crippen LogP contribution is -2.27. The van der Waals surface area contributed by atoms with Crippen molar-refractivity contribution in [2.24, 2.45) is 0 Å². The van der Waals surface area contributed by atoms with Crippen LogP contribution < -0.4 is 5.32 Å². The number of rotatable bonds is 5. The zero-order valence-corrected chi connectivity index (χ0v) is 12.2. The molecular formula is C14H20ClNO3. The molecule has 106 valence electrons. The lowest BCUT2D eigenvalue weighted by atomic mass is 9.98. The number of aliphatic hydroxyl groups is 2. The minimum absolute atomic E-state index is 0.153. The zero-order chi connectivity index (χ0) is 14.6. The summed E-state index contributed by atoms with van der Waals surface area (Å²) >= 11 is 6.06. The van der Waals surface area contributed by atoms with Crippen molar-refractivity contribution in [3.63, 3.8) is 0 Å². The van der Waals surface area contributed by atoms with Gasteiger partial charge < -0.3 is 15.5 Å². The topological polar surface area (TPSA) is 69.6 Å². The van der Waals surface area contributed by atoms with Crippen molar-refractivity contribution in [1.29, 1.82) is 0 Å². The largest absolute Gasteiger partial charge is 0.390 e. The van der Waals surface area contributed by atoms with Crippen LogP contribution in [0.2, 0.25) is 5.02 Å². The van der Waals surface area contributed by atoms with Crippen molar-refractivity contribution in [2.75, 3.05) is 6.54 Å². The van der Waals surface area contributed by atoms with Crippen LogP contribution in [0, 0.1) is 13.8 Å². The first kappa shape index (κ1) is 16.0. The first-order valence-corrected chi connectivity index (χ1v) is 6.58. The second-order valence-corrected chi connectivity index (χ2v) is 5.13. The Balaban J connectivity index is 2.71. The van der Waals surface area contributed by atoms with Crippen LogP contribution in [0.5, 0.6) is 0 Å². The van der Waals surface area contributed by atoms with Gasteiger partial charge >= 0.3 is 0 Å². The summed E-state index contributed by atoms with van der Waals surface area (Å²) in [5.41, 5.74) is 2.37. The Morgan fingerprint density at radius 3 is 2.32 bits per heavy atom. The third-order valence-corrected chi connectivity index (χ3v) is 3.57. The summed E-state index contributed by atoms with van der Waals surface area (Å²) in [5.74, 6) is -0.153. The van der Waals surface area contributed by atoms with E-state index in [-0.39, 0.29) is 5.91 Å². The van der Waals surface area contributed by atoms with Gasteiger partial charge in [-0.15, -0.1) is 0 Å². The fourth-order valence-electron chi connectivity index (χ4n) is 1.93. The van der Waals surface area contributed by atoms with E-state index in [0.717, 1.165) is 11.1 Å². The van der Waals surface area contributed by atoms with E-state index in [9.17, 15) is 15.0 Å². The Hall–Kier alpha value is -1.10. The van der Waals surface area contributed by atoms with Crippen LogP contribution in [0.15, 0.2) is 12.1 Å². The van der Waals surface area contributed by atoms with E-state index >= 15 is 0 Å². The standard InChI is InChI=1S/C14H20ClNO3/c1-8-6-11(7-9(2)13(8)15)14(19)12(18)4-5-16-10(3)17/h6-7,12,14,18-19H,4-5H2,1-3H3,(H,16,17). The third kappa shape index (κ3) is 4.49. The minimum Gasteiger partial charge on any atom is -0.390 e. The molecule has 0 fully saturated rings. The first-order chi connectivity index (χ1) is 8.82. The number of aryl methyl sites for hydroxylation is 2. The molecule has 0 heterocycles. The smallest absolute Gasteiger partial charge is 0.216 e. The van der Waals surface area contributed by atoms with Gasteiger partial charge in [-0.05, 0) is 37.0 Å². The molecule has 1 aromatic carbocycles. The highest BCUT2D eigenvalue weighted by Gasteiger charge is 2.19. The van der Waals surface area contributed by atoms with Gasteiger partial charge in [-0.2, -0.15) is 0 Å². The van der Waals surface area contributed by atoms with Crippen LogP contribution in [0.1, 0.15) is 36.1 Å². The summed E-state index contributed by atoms with van der Waals surface area (Å²) in [4.78, 5) is 10.7. The molecular weight excluding hydrogens is 266 g/mol. The number of hydrogen-bond acceptors (Lipinski definition) is 3. The first-order valence-electron chi connectivity index (χ1n) is 6.20. The SMILES string of the molecule is CC(=O)NCCC(O)C(O)c1cc(C)c(Cl)c(C)c1. The van der Waals surface area contributed by atoms with E-state index in [1.807, 2.05) is 13.8 Å². The summed E-state index contributed by atoms with van der Waals surface area (Å²) in [6, 6.07) is 3.53. The van der Waals surface area contributed by atoms with E-state index in [1.165, 1.54) is 6.92 Å². The van der Waals surface area contributed by atoms with Gasteiger partial charge in [0, 0.05) is 18.5 Å². The zero-order valence-electron chi connectivity index (χ0n) is 11.4. The van der Waals surface area contributed by atoms with E-state index in [1.54, 1.807) is 12.1 Å². The lowest BCUT2D eigenvalue weighted by Gasteiger charge is -2.19. The summed E-state index contributed by atoms with van der Waals surface area (Å²) in [5, 5.41) is 23.2. The average molecular weight is 286 g/mol. The fourth-order valence-corrected chi connectivity index (χ4v) is 2.04. The van der Waals surface area contributed by atoms with Crippen LogP contribution in [0.25, 0.3) is 0 Å². The summed E-state index contributed by atoms with van der Waals surface area (Å²) in [7, 11) is 0. The van der Waals surface area contributed by atoms with Crippen molar-refractivity contribution in [3.05, 3.63) is 33.8 Å². The number of nitrogens with one attached hydrogen (secondary N) is 1. The number of benzene rings is 1. The van der Waals surface area contributed by atoms with E-state index in [2.05, 4.69) is 5.32 Å². The second kappa shape index (κ2) is 6.89. The van der Waals surface area contributed by atoms with Gasteiger partial charge in [0.05, 0.1) is 6.10 Å². The maximum atomic E-state index is 10.7. The number of aliphatic hydroxyl groups excluding tert-OH is 2. The number of halogens is 1. The molecule has 0 aliphatic carbocycles. The summed E-state index contributed by atoms with van der Waals surface area (Å²) in [6.07, 6.45) is -1.61. The van der Waals surface area contributed by atoms with Gasteiger partial charge in [-0.25, -0.2) is 0 Å². The van der Waals surface area contributed by atoms with E-state index in [0.29, 0.717) is 23.6 Å². The van der Waals surface area contributed by atoms with Gasteiger partial charge in [-0.3, -0.25) is 4.79 Å². The average Bonchev–Trinajstić information content (AvgIpc) is 2.33. The number of hydrogen-bond donors (Lipinski definition) is 3. The number of amides is 1. The van der Waals surface area contributed by atoms with Crippen LogP contribution in [0.4, 0.5) is 0 Å². The summed E-state index contributed by atoms with van der Waals surface area (Å²) in [6.45, 7) is 5.46. The lowest BCUT2D eigenvalue weighted by molar-refractivity contribution is -0.119. The van der Waals surface area contributed by atoms with Crippen LogP contribution in [-0.4, -0.2) is 28.8 Å². The molecule has 4 nitrogen and oxygen atoms in total. The minimum atomic E-state index is -0.983. The molecule has 5 heteroatoms. The molecule has 1 rings (SSSR count). The molecule has 0 saturated carbocycles. The quantitative estimate of drug-likeness (QED) is 0.774. The van der Waals surface area contributed by atoms with E-state index < -0.39 is 12.2 Å². The molecule has 0 radical (unpaired) electrons. The Labute approximate surface area is 118 Å². The number of carbonyl (C=O) groups excluding carboxylic acids is 1. The highest BCUT2D eigenvalue weighted by Crippen LogP contribution is 2.27. The van der Waals surface area contributed by atoms with Gasteiger partial charge in [0.2, 0.25) is 5.91 Å². The molecule has 1 amide bonds. The molecule has 0 bridgehead atoms. The highest BCUT2D eigenvalue weighted by molar-refractivity contribution is 6.32. The van der Waals surface area contributed by atoms with Crippen molar-refractivity contribution in [2.45, 2.75) is 39.4 Å². The molecule has 0 aromatic heterocycles. The Morgan fingerprint density at radius 1 is 1.32 bits per heavy atom. The molecule has 0 saturated heterocycles. The van der Waals surface area contributed by atoms with E-state index in [4.69, 9.17) is 11.6 Å². The van der Waals surface area contributed by atoms with Gasteiger partial charge in [0.25, 0.3) is 0 Å². The van der Waals surface area contributed by atoms with Crippen LogP contribution >= 0.6 is 11.6 Å². The Kier molecular flexibility index (Phi) is 5.79. The molecule has 2 unspecified atom stereocenters. The van der Waals surface area contributed by atoms with Crippen molar-refractivity contribution < 1.29 is 15.0 Å². The predicted molar refractivity (Wildman–Crippen MR) is 75.2 cm³/mol. The molecule has 19 heavy (non-hydrogen) atoms. The molecule has 0 aliphatic heterocycles. The van der Waals surface area contributed by atoms with Crippen molar-refractivity contribution in [3.8, 4) is 0 Å². The maximum absolute atomic E-state index is 10.7. The van der Waals surface area contributed by atoms with Crippen LogP contribution in [-0.2, 0) is 4.79 Å². The highest BCUT2D eigenvalue weighted by atomic mass is 35.5. The number of carbonyl (C=O) groups is 1. The van der Waals surface area contributed by atoms with Crippen LogP contribution in [0.3, 0.4) is 0 Å².